The number of hydrogen-bond acceptors (Lipinski definition) is 11. The smallest absolute Gasteiger partial charge is 0.240 e. The van der Waals surface area contributed by atoms with Gasteiger partial charge in [0.1, 0.15) is 23.2 Å². The van der Waals surface area contributed by atoms with Gasteiger partial charge in [-0.2, -0.15) is 0 Å². The van der Waals surface area contributed by atoms with Gasteiger partial charge in [-0.25, -0.2) is 23.4 Å². The fourth-order valence-electron chi connectivity index (χ4n) is 4.05. The first kappa shape index (κ1) is 29.1. The molecule has 212 valence electrons. The minimum absolute atomic E-state index is 0.0107. The van der Waals surface area contributed by atoms with Crippen LogP contribution in [0.25, 0.3) is 11.5 Å². The molecule has 0 spiro atoms. The Balaban J connectivity index is 1.72. The van der Waals surface area contributed by atoms with Crippen LogP contribution in [0.4, 0.5) is 5.95 Å². The summed E-state index contributed by atoms with van der Waals surface area (Å²) in [4.78, 5) is 12.9. The number of aromatic nitrogens is 6. The zero-order chi connectivity index (χ0) is 28.2. The molecule has 0 radical (unpaired) electrons. The lowest BCUT2D eigenvalue weighted by Crippen LogP contribution is -2.37. The van der Waals surface area contributed by atoms with Crippen LogP contribution in [0, 0.1) is 0 Å². The molecule has 4 atom stereocenters. The molecule has 4 rings (SSSR count). The first-order valence-electron chi connectivity index (χ1n) is 12.4. The highest BCUT2D eigenvalue weighted by Crippen LogP contribution is 2.31. The fourth-order valence-corrected chi connectivity index (χ4v) is 5.24. The van der Waals surface area contributed by atoms with Crippen molar-refractivity contribution in [2.24, 2.45) is 0 Å². The highest BCUT2D eigenvalue weighted by Gasteiger charge is 2.37. The van der Waals surface area contributed by atoms with E-state index in [1.165, 1.54) is 26.4 Å². The van der Waals surface area contributed by atoms with Crippen LogP contribution in [0.15, 0.2) is 30.6 Å². The van der Waals surface area contributed by atoms with Gasteiger partial charge >= 0.3 is 0 Å². The second-order valence-corrected chi connectivity index (χ2v) is 11.7. The topological polar surface area (TPSA) is 152 Å². The number of anilines is 1. The van der Waals surface area contributed by atoms with E-state index in [-0.39, 0.29) is 24.0 Å². The van der Waals surface area contributed by atoms with E-state index in [2.05, 4.69) is 29.9 Å². The number of sulfonamides is 1. The lowest BCUT2D eigenvalue weighted by Gasteiger charge is -2.30. The first-order valence-corrected chi connectivity index (χ1v) is 14.3. The third-order valence-electron chi connectivity index (χ3n) is 6.11. The molecule has 1 fully saturated rings. The van der Waals surface area contributed by atoms with E-state index in [9.17, 15) is 8.42 Å². The zero-order valence-corrected chi connectivity index (χ0v) is 23.9. The Labute approximate surface area is 232 Å². The van der Waals surface area contributed by atoms with Crippen molar-refractivity contribution in [3.8, 4) is 17.4 Å². The SMILES string of the molecule is COc1cccc(-c2nnc(NS(=O)(=O)C(C)C(OC(C)C)c3ncc(Cl)cn3)n2C(C)[C@@H]2COCCO2)n1. The minimum atomic E-state index is -4.11. The van der Waals surface area contributed by atoms with Gasteiger partial charge in [0.05, 0.1) is 44.1 Å². The first-order chi connectivity index (χ1) is 18.6. The standard InChI is InChI=1S/C24H32ClN7O6S/c1-14(2)38-21(22-26-11-17(25)12-27-22)16(4)39(33,34)31-24-30-29-23(18-7-6-8-20(28-18)35-5)32(24)15(3)19-13-36-9-10-37-19/h6-8,11-12,14-16,19,21H,9-10,13H2,1-5H3,(H,30,31)/t15?,16?,19-,21?/m0/s1. The Morgan fingerprint density at radius 1 is 1.13 bits per heavy atom. The monoisotopic (exact) mass is 581 g/mol. The maximum Gasteiger partial charge on any atom is 0.240 e. The van der Waals surface area contributed by atoms with Crippen LogP contribution >= 0.6 is 11.6 Å². The quantitative estimate of drug-likeness (QED) is 0.355. The van der Waals surface area contributed by atoms with E-state index >= 15 is 0 Å². The lowest BCUT2D eigenvalue weighted by atomic mass is 10.1. The molecule has 4 heterocycles. The molecule has 0 amide bonds. The van der Waals surface area contributed by atoms with Gasteiger partial charge in [-0.15, -0.1) is 10.2 Å². The number of nitrogens with one attached hydrogen (secondary N) is 1. The molecular formula is C24H32ClN7O6S. The Morgan fingerprint density at radius 3 is 2.51 bits per heavy atom. The third-order valence-corrected chi connectivity index (χ3v) is 8.00. The molecule has 1 aliphatic rings. The second-order valence-electron chi connectivity index (χ2n) is 9.22. The average molecular weight is 582 g/mol. The second kappa shape index (κ2) is 12.5. The molecule has 0 aliphatic carbocycles. The van der Waals surface area contributed by atoms with Gasteiger partial charge in [0.15, 0.2) is 11.6 Å². The minimum Gasteiger partial charge on any atom is -0.481 e. The number of hydrogen-bond donors (Lipinski definition) is 1. The average Bonchev–Trinajstić information content (AvgIpc) is 3.34. The Kier molecular flexibility index (Phi) is 9.33. The maximum atomic E-state index is 13.7. The van der Waals surface area contributed by atoms with E-state index < -0.39 is 27.4 Å². The number of ether oxygens (including phenoxy) is 4. The predicted molar refractivity (Wildman–Crippen MR) is 143 cm³/mol. The molecule has 3 unspecified atom stereocenters. The third kappa shape index (κ3) is 6.81. The number of pyridine rings is 1. The molecule has 0 aromatic carbocycles. The molecule has 0 bridgehead atoms. The van der Waals surface area contributed by atoms with Crippen molar-refractivity contribution in [3.63, 3.8) is 0 Å². The van der Waals surface area contributed by atoms with Gasteiger partial charge in [-0.05, 0) is 33.8 Å². The zero-order valence-electron chi connectivity index (χ0n) is 22.3. The van der Waals surface area contributed by atoms with E-state index in [4.69, 9.17) is 30.5 Å². The number of methoxy groups -OCH3 is 1. The summed E-state index contributed by atoms with van der Waals surface area (Å²) in [5.41, 5.74) is 0.444. The van der Waals surface area contributed by atoms with Gasteiger partial charge in [0.2, 0.25) is 21.9 Å². The van der Waals surface area contributed by atoms with Gasteiger partial charge in [-0.1, -0.05) is 17.7 Å². The van der Waals surface area contributed by atoms with Gasteiger partial charge in [-0.3, -0.25) is 9.29 Å². The molecular weight excluding hydrogens is 550 g/mol. The van der Waals surface area contributed by atoms with Crippen LogP contribution in [0.5, 0.6) is 5.88 Å². The molecule has 1 saturated heterocycles. The number of halogens is 1. The van der Waals surface area contributed by atoms with Gasteiger partial charge in [0, 0.05) is 18.5 Å². The van der Waals surface area contributed by atoms with Crippen molar-refractivity contribution >= 4 is 27.6 Å². The van der Waals surface area contributed by atoms with Crippen LogP contribution < -0.4 is 9.46 Å². The summed E-state index contributed by atoms with van der Waals surface area (Å²) >= 11 is 5.94. The van der Waals surface area contributed by atoms with Crippen molar-refractivity contribution in [1.29, 1.82) is 0 Å². The lowest BCUT2D eigenvalue weighted by molar-refractivity contribution is -0.104. The van der Waals surface area contributed by atoms with Crippen molar-refractivity contribution in [2.45, 2.75) is 57.3 Å². The summed E-state index contributed by atoms with van der Waals surface area (Å²) in [6.07, 6.45) is 1.13. The number of rotatable bonds is 11. The van der Waals surface area contributed by atoms with Crippen LogP contribution in [-0.2, 0) is 24.2 Å². The Hall–Kier alpha value is -2.91. The molecule has 13 nitrogen and oxygen atoms in total. The molecule has 3 aromatic rings. The molecule has 15 heteroatoms. The van der Waals surface area contributed by atoms with E-state index in [0.717, 1.165) is 0 Å². The normalized spacial score (nSPS) is 18.5. The van der Waals surface area contributed by atoms with Crippen molar-refractivity contribution in [3.05, 3.63) is 41.4 Å². The maximum absolute atomic E-state index is 13.7. The largest absolute Gasteiger partial charge is 0.481 e. The summed E-state index contributed by atoms with van der Waals surface area (Å²) < 4.78 is 54.4. The van der Waals surface area contributed by atoms with Crippen molar-refractivity contribution in [2.75, 3.05) is 31.7 Å². The van der Waals surface area contributed by atoms with Crippen molar-refractivity contribution in [1.82, 2.24) is 29.7 Å². The van der Waals surface area contributed by atoms with Crippen LogP contribution in [-0.4, -0.2) is 82.5 Å². The molecule has 1 aliphatic heterocycles. The van der Waals surface area contributed by atoms with E-state index in [1.54, 1.807) is 36.6 Å². The highest BCUT2D eigenvalue weighted by atomic mass is 35.5. The van der Waals surface area contributed by atoms with Gasteiger partial charge in [0.25, 0.3) is 0 Å². The molecule has 1 N–H and O–H groups in total. The Bertz CT molecular complexity index is 1350. The van der Waals surface area contributed by atoms with Crippen molar-refractivity contribution < 1.29 is 27.4 Å². The predicted octanol–water partition coefficient (Wildman–Crippen LogP) is 3.07. The van der Waals surface area contributed by atoms with Gasteiger partial charge < -0.3 is 18.9 Å². The van der Waals surface area contributed by atoms with Crippen LogP contribution in [0.1, 0.15) is 45.7 Å². The van der Waals surface area contributed by atoms with Crippen LogP contribution in [0.3, 0.4) is 0 Å². The summed E-state index contributed by atoms with van der Waals surface area (Å²) in [5, 5.41) is 7.68. The molecule has 3 aromatic heterocycles. The van der Waals surface area contributed by atoms with E-state index in [1.807, 2.05) is 6.92 Å². The van der Waals surface area contributed by atoms with Crippen LogP contribution in [0.2, 0.25) is 5.02 Å². The summed E-state index contributed by atoms with van der Waals surface area (Å²) in [6.45, 7) is 8.21. The Morgan fingerprint density at radius 2 is 1.87 bits per heavy atom. The fraction of sp³-hybridized carbons (Fsp3) is 0.542. The summed E-state index contributed by atoms with van der Waals surface area (Å²) in [7, 11) is -2.61. The highest BCUT2D eigenvalue weighted by molar-refractivity contribution is 7.93. The molecule has 39 heavy (non-hydrogen) atoms. The number of nitrogens with zero attached hydrogens (tertiary/aromatic N) is 6. The van der Waals surface area contributed by atoms with E-state index in [0.29, 0.717) is 42.2 Å². The molecule has 0 saturated carbocycles. The summed E-state index contributed by atoms with van der Waals surface area (Å²) in [6, 6.07) is 4.78. The summed E-state index contributed by atoms with van der Waals surface area (Å²) in [5.74, 6) is 0.884.